The number of hydrogen-bond acceptors (Lipinski definition) is 4. The topological polar surface area (TPSA) is 42.9 Å². The van der Waals surface area contributed by atoms with Crippen LogP contribution >= 0.6 is 11.5 Å². The highest BCUT2D eigenvalue weighted by Crippen LogP contribution is 2.17. The zero-order chi connectivity index (χ0) is 11.7. The first-order valence-corrected chi connectivity index (χ1v) is 5.46. The molecule has 0 atom stereocenters. The number of halogens is 1. The first-order valence-electron chi connectivity index (χ1n) is 4.69. The lowest BCUT2D eigenvalue weighted by Crippen LogP contribution is -2.02. The number of nitrogens with zero attached hydrogens (tertiary/aromatic N) is 2. The molecule has 0 unspecified atom stereocenters. The molecule has 1 aromatic heterocycles. The lowest BCUT2D eigenvalue weighted by Gasteiger charge is -2.00. The molecule has 0 radical (unpaired) electrons. The number of aryl methyl sites for hydroxylation is 2. The van der Waals surface area contributed by atoms with Gasteiger partial charge in [0.25, 0.3) is 0 Å². The van der Waals surface area contributed by atoms with Crippen molar-refractivity contribution in [1.82, 2.24) is 9.59 Å². The molecular weight excluding hydrogens is 227 g/mol. The van der Waals surface area contributed by atoms with Crippen molar-refractivity contribution in [3.8, 4) is 0 Å². The first kappa shape index (κ1) is 10.9. The van der Waals surface area contributed by atoms with Crippen molar-refractivity contribution in [3.05, 3.63) is 45.7 Å². The van der Waals surface area contributed by atoms with Crippen LogP contribution in [-0.4, -0.2) is 15.4 Å². The van der Waals surface area contributed by atoms with Crippen molar-refractivity contribution in [2.75, 3.05) is 0 Å². The Kier molecular flexibility index (Phi) is 2.78. The molecular formula is C11H9FN2OS. The summed E-state index contributed by atoms with van der Waals surface area (Å²) >= 11 is 1.03. The highest BCUT2D eigenvalue weighted by molar-refractivity contribution is 7.08. The Morgan fingerprint density at radius 1 is 1.38 bits per heavy atom. The summed E-state index contributed by atoms with van der Waals surface area (Å²) in [6.07, 6.45) is 0. The fourth-order valence-electron chi connectivity index (χ4n) is 1.30. The third-order valence-corrected chi connectivity index (χ3v) is 3.12. The summed E-state index contributed by atoms with van der Waals surface area (Å²) < 4.78 is 17.0. The Labute approximate surface area is 96.1 Å². The smallest absolute Gasteiger partial charge is 0.206 e. The molecule has 0 amide bonds. The van der Waals surface area contributed by atoms with Crippen LogP contribution in [0.4, 0.5) is 4.39 Å². The van der Waals surface area contributed by atoms with Crippen molar-refractivity contribution in [2.45, 2.75) is 13.8 Å². The highest BCUT2D eigenvalue weighted by atomic mass is 32.1. The second kappa shape index (κ2) is 4.09. The summed E-state index contributed by atoms with van der Waals surface area (Å²) in [7, 11) is 0. The molecule has 0 saturated carbocycles. The van der Waals surface area contributed by atoms with Crippen molar-refractivity contribution in [1.29, 1.82) is 0 Å². The number of ketones is 1. The number of carbonyl (C=O) groups is 1. The molecule has 16 heavy (non-hydrogen) atoms. The summed E-state index contributed by atoms with van der Waals surface area (Å²) in [6.45, 7) is 3.37. The molecule has 5 heteroatoms. The van der Waals surface area contributed by atoms with E-state index in [9.17, 15) is 9.18 Å². The third-order valence-electron chi connectivity index (χ3n) is 2.29. The van der Waals surface area contributed by atoms with Gasteiger partial charge in [0.1, 0.15) is 10.7 Å². The molecule has 0 aliphatic carbocycles. The monoisotopic (exact) mass is 236 g/mol. The highest BCUT2D eigenvalue weighted by Gasteiger charge is 2.16. The van der Waals surface area contributed by atoms with Gasteiger partial charge in [0, 0.05) is 5.56 Å². The molecule has 0 saturated heterocycles. The van der Waals surface area contributed by atoms with Crippen LogP contribution in [0.1, 0.15) is 26.5 Å². The quantitative estimate of drug-likeness (QED) is 0.752. The normalized spacial score (nSPS) is 10.4. The standard InChI is InChI=1S/C11H9FN2OS/c1-6-3-4-8(5-9(6)12)10(15)11-7(2)13-14-16-11/h3-5H,1-2H3. The van der Waals surface area contributed by atoms with E-state index < -0.39 is 0 Å². The minimum absolute atomic E-state index is 0.230. The van der Waals surface area contributed by atoms with Crippen LogP contribution in [0.3, 0.4) is 0 Å². The van der Waals surface area contributed by atoms with E-state index in [1.54, 1.807) is 26.0 Å². The molecule has 1 heterocycles. The Balaban J connectivity index is 2.42. The molecule has 0 aliphatic rings. The van der Waals surface area contributed by atoms with E-state index in [2.05, 4.69) is 9.59 Å². The zero-order valence-corrected chi connectivity index (χ0v) is 9.64. The van der Waals surface area contributed by atoms with Crippen LogP contribution in [0.5, 0.6) is 0 Å². The predicted molar refractivity (Wildman–Crippen MR) is 59.2 cm³/mol. The molecule has 2 aromatic rings. The van der Waals surface area contributed by atoms with E-state index >= 15 is 0 Å². The van der Waals surface area contributed by atoms with E-state index in [0.717, 1.165) is 11.5 Å². The summed E-state index contributed by atoms with van der Waals surface area (Å²) in [5, 5.41) is 3.76. The molecule has 2 rings (SSSR count). The SMILES string of the molecule is Cc1ccc(C(=O)c2snnc2C)cc1F. The zero-order valence-electron chi connectivity index (χ0n) is 8.82. The summed E-state index contributed by atoms with van der Waals surface area (Å²) in [5.74, 6) is -0.604. The molecule has 1 aromatic carbocycles. The third kappa shape index (κ3) is 1.86. The number of benzene rings is 1. The van der Waals surface area contributed by atoms with E-state index in [-0.39, 0.29) is 11.6 Å². The Morgan fingerprint density at radius 2 is 2.12 bits per heavy atom. The number of carbonyl (C=O) groups excluding carboxylic acids is 1. The van der Waals surface area contributed by atoms with E-state index in [4.69, 9.17) is 0 Å². The van der Waals surface area contributed by atoms with E-state index in [0.29, 0.717) is 21.7 Å². The summed E-state index contributed by atoms with van der Waals surface area (Å²) in [6, 6.07) is 4.45. The fourth-order valence-corrected chi connectivity index (χ4v) is 1.92. The van der Waals surface area contributed by atoms with Gasteiger partial charge in [0.15, 0.2) is 0 Å². The van der Waals surface area contributed by atoms with Gasteiger partial charge in [-0.1, -0.05) is 16.6 Å². The Bertz CT molecular complexity index is 551. The van der Waals surface area contributed by atoms with Gasteiger partial charge in [0.05, 0.1) is 5.69 Å². The van der Waals surface area contributed by atoms with Crippen LogP contribution in [0.2, 0.25) is 0 Å². The molecule has 0 N–H and O–H groups in total. The first-order chi connectivity index (χ1) is 7.59. The van der Waals surface area contributed by atoms with Crippen LogP contribution < -0.4 is 0 Å². The molecule has 82 valence electrons. The second-order valence-electron chi connectivity index (χ2n) is 3.48. The van der Waals surface area contributed by atoms with Gasteiger partial charge in [-0.25, -0.2) is 4.39 Å². The molecule has 0 bridgehead atoms. The molecule has 3 nitrogen and oxygen atoms in total. The number of aromatic nitrogens is 2. The predicted octanol–water partition coefficient (Wildman–Crippen LogP) is 2.53. The lowest BCUT2D eigenvalue weighted by atomic mass is 10.1. The average Bonchev–Trinajstić information content (AvgIpc) is 2.67. The van der Waals surface area contributed by atoms with Gasteiger partial charge in [-0.05, 0) is 37.0 Å². The van der Waals surface area contributed by atoms with Gasteiger partial charge >= 0.3 is 0 Å². The average molecular weight is 236 g/mol. The summed E-state index contributed by atoms with van der Waals surface area (Å²) in [4.78, 5) is 12.4. The van der Waals surface area contributed by atoms with Gasteiger partial charge in [0.2, 0.25) is 5.78 Å². The maximum absolute atomic E-state index is 13.3. The molecule has 0 fully saturated rings. The Morgan fingerprint density at radius 3 is 2.69 bits per heavy atom. The van der Waals surface area contributed by atoms with Crippen LogP contribution in [0.15, 0.2) is 18.2 Å². The number of hydrogen-bond donors (Lipinski definition) is 0. The maximum atomic E-state index is 13.3. The van der Waals surface area contributed by atoms with E-state index in [1.807, 2.05) is 0 Å². The van der Waals surface area contributed by atoms with Gasteiger partial charge in [-0.15, -0.1) is 5.10 Å². The largest absolute Gasteiger partial charge is 0.288 e. The second-order valence-corrected chi connectivity index (χ2v) is 4.23. The Hall–Kier alpha value is -1.62. The van der Waals surface area contributed by atoms with E-state index in [1.165, 1.54) is 6.07 Å². The van der Waals surface area contributed by atoms with Gasteiger partial charge < -0.3 is 0 Å². The van der Waals surface area contributed by atoms with Crippen molar-refractivity contribution >= 4 is 17.3 Å². The number of rotatable bonds is 2. The lowest BCUT2D eigenvalue weighted by molar-refractivity contribution is 0.104. The maximum Gasteiger partial charge on any atom is 0.206 e. The summed E-state index contributed by atoms with van der Waals surface area (Å²) in [5.41, 5.74) is 1.43. The van der Waals surface area contributed by atoms with Crippen LogP contribution in [0.25, 0.3) is 0 Å². The van der Waals surface area contributed by atoms with Crippen molar-refractivity contribution in [3.63, 3.8) is 0 Å². The van der Waals surface area contributed by atoms with Crippen molar-refractivity contribution in [2.24, 2.45) is 0 Å². The van der Waals surface area contributed by atoms with Crippen LogP contribution in [-0.2, 0) is 0 Å². The van der Waals surface area contributed by atoms with Crippen molar-refractivity contribution < 1.29 is 9.18 Å². The van der Waals surface area contributed by atoms with Gasteiger partial charge in [-0.2, -0.15) is 0 Å². The van der Waals surface area contributed by atoms with Gasteiger partial charge in [-0.3, -0.25) is 4.79 Å². The van der Waals surface area contributed by atoms with Crippen LogP contribution in [0, 0.1) is 19.7 Å². The minimum Gasteiger partial charge on any atom is -0.288 e. The minimum atomic E-state index is -0.374. The molecule has 0 spiro atoms. The molecule has 0 aliphatic heterocycles. The fraction of sp³-hybridized carbons (Fsp3) is 0.182.